The van der Waals surface area contributed by atoms with E-state index in [-0.39, 0.29) is 5.56 Å². The number of benzene rings is 2. The lowest BCUT2D eigenvalue weighted by Gasteiger charge is -2.32. The van der Waals surface area contributed by atoms with E-state index in [1.54, 1.807) is 18.2 Å². The number of aromatic carboxylic acids is 1. The Morgan fingerprint density at radius 1 is 1.08 bits per heavy atom. The minimum atomic E-state index is -0.922. The van der Waals surface area contributed by atoms with E-state index in [0.717, 1.165) is 32.0 Å². The van der Waals surface area contributed by atoms with Crippen LogP contribution in [0.1, 0.15) is 35.2 Å². The lowest BCUT2D eigenvalue weighted by Crippen LogP contribution is -2.35. The third kappa shape index (κ3) is 5.60. The molecule has 3 rings (SSSR count). The molecule has 0 unspecified atom stereocenters. The molecule has 0 amide bonds. The summed E-state index contributed by atoms with van der Waals surface area (Å²) >= 11 is 0. The third-order valence-electron chi connectivity index (χ3n) is 5.04. The fraction of sp³-hybridized carbons (Fsp3) is 0.409. The van der Waals surface area contributed by atoms with E-state index < -0.39 is 5.97 Å². The first kappa shape index (κ1) is 18.5. The topological polar surface area (TPSA) is 49.8 Å². The second kappa shape index (κ2) is 9.39. The number of nitrogens with zero attached hydrogens (tertiary/aromatic N) is 1. The number of hydrogen-bond acceptors (Lipinski definition) is 3. The summed E-state index contributed by atoms with van der Waals surface area (Å²) in [6.45, 7) is 3.97. The van der Waals surface area contributed by atoms with E-state index in [4.69, 9.17) is 9.84 Å². The monoisotopic (exact) mass is 353 g/mol. The number of hydrogen-bond donors (Lipinski definition) is 1. The Labute approximate surface area is 155 Å². The molecule has 2 aromatic rings. The van der Waals surface area contributed by atoms with E-state index >= 15 is 0 Å². The molecule has 4 nitrogen and oxygen atoms in total. The van der Waals surface area contributed by atoms with E-state index in [0.29, 0.717) is 12.4 Å². The van der Waals surface area contributed by atoms with Crippen molar-refractivity contribution in [1.29, 1.82) is 0 Å². The first-order valence-electron chi connectivity index (χ1n) is 9.43. The summed E-state index contributed by atoms with van der Waals surface area (Å²) in [5.74, 6) is 0.504. The van der Waals surface area contributed by atoms with Crippen molar-refractivity contribution >= 4 is 5.97 Å². The molecule has 1 aliphatic rings. The first-order valence-corrected chi connectivity index (χ1v) is 9.43. The van der Waals surface area contributed by atoms with Crippen molar-refractivity contribution in [2.75, 3.05) is 26.2 Å². The highest BCUT2D eigenvalue weighted by Crippen LogP contribution is 2.21. The zero-order valence-corrected chi connectivity index (χ0v) is 15.1. The standard InChI is InChI=1S/C22H27NO3/c24-22(25)20-8-4-9-21(17-20)26-15-5-12-23-13-10-19(11-14-23)16-18-6-2-1-3-7-18/h1-4,6-9,17,19H,5,10-16H2,(H,24,25). The van der Waals surface area contributed by atoms with Crippen LogP contribution in [-0.4, -0.2) is 42.2 Å². The summed E-state index contributed by atoms with van der Waals surface area (Å²) in [6.07, 6.45) is 4.67. The van der Waals surface area contributed by atoms with Crippen molar-refractivity contribution in [3.05, 3.63) is 65.7 Å². The highest BCUT2D eigenvalue weighted by molar-refractivity contribution is 5.87. The molecule has 0 saturated carbocycles. The maximum Gasteiger partial charge on any atom is 0.335 e. The fourth-order valence-corrected chi connectivity index (χ4v) is 3.56. The molecule has 0 spiro atoms. The second-order valence-electron chi connectivity index (χ2n) is 7.01. The molecule has 0 radical (unpaired) electrons. The van der Waals surface area contributed by atoms with Crippen LogP contribution in [0.4, 0.5) is 0 Å². The Balaban J connectivity index is 1.33. The Morgan fingerprint density at radius 2 is 1.85 bits per heavy atom. The van der Waals surface area contributed by atoms with E-state index in [1.165, 1.54) is 24.8 Å². The van der Waals surface area contributed by atoms with Crippen molar-refractivity contribution in [2.24, 2.45) is 5.92 Å². The number of piperidine rings is 1. The van der Waals surface area contributed by atoms with Gasteiger partial charge in [0.2, 0.25) is 0 Å². The molecule has 0 aromatic heterocycles. The summed E-state index contributed by atoms with van der Waals surface area (Å²) in [4.78, 5) is 13.5. The van der Waals surface area contributed by atoms with Gasteiger partial charge in [0.1, 0.15) is 5.75 Å². The van der Waals surface area contributed by atoms with Gasteiger partial charge in [-0.2, -0.15) is 0 Å². The summed E-state index contributed by atoms with van der Waals surface area (Å²) in [5, 5.41) is 9.00. The van der Waals surface area contributed by atoms with Crippen molar-refractivity contribution in [2.45, 2.75) is 25.7 Å². The number of likely N-dealkylation sites (tertiary alicyclic amines) is 1. The maximum atomic E-state index is 11.0. The van der Waals surface area contributed by atoms with Crippen LogP contribution in [0.3, 0.4) is 0 Å². The highest BCUT2D eigenvalue weighted by atomic mass is 16.5. The minimum absolute atomic E-state index is 0.267. The lowest BCUT2D eigenvalue weighted by molar-refractivity contribution is 0.0696. The van der Waals surface area contributed by atoms with Gasteiger partial charge in [0.25, 0.3) is 0 Å². The molecule has 26 heavy (non-hydrogen) atoms. The van der Waals surface area contributed by atoms with Crippen LogP contribution in [0, 0.1) is 5.92 Å². The fourth-order valence-electron chi connectivity index (χ4n) is 3.56. The number of rotatable bonds is 8. The zero-order chi connectivity index (χ0) is 18.2. The van der Waals surface area contributed by atoms with Crippen LogP contribution in [0.2, 0.25) is 0 Å². The van der Waals surface area contributed by atoms with Gasteiger partial charge in [-0.15, -0.1) is 0 Å². The number of carboxylic acid groups (broad SMARTS) is 1. The Morgan fingerprint density at radius 3 is 2.58 bits per heavy atom. The van der Waals surface area contributed by atoms with E-state index in [9.17, 15) is 4.79 Å². The molecular formula is C22H27NO3. The summed E-state index contributed by atoms with van der Waals surface area (Å²) in [7, 11) is 0. The quantitative estimate of drug-likeness (QED) is 0.726. The Bertz CT molecular complexity index is 694. The number of carboxylic acids is 1. The van der Waals surface area contributed by atoms with Crippen LogP contribution < -0.4 is 4.74 Å². The summed E-state index contributed by atoms with van der Waals surface area (Å²) < 4.78 is 5.70. The molecule has 1 fully saturated rings. The van der Waals surface area contributed by atoms with Gasteiger partial charge < -0.3 is 14.7 Å². The van der Waals surface area contributed by atoms with E-state index in [1.807, 2.05) is 6.07 Å². The SMILES string of the molecule is O=C(O)c1cccc(OCCCN2CCC(Cc3ccccc3)CC2)c1. The van der Waals surface area contributed by atoms with Gasteiger partial charge in [-0.1, -0.05) is 36.4 Å². The molecule has 0 aliphatic carbocycles. The van der Waals surface area contributed by atoms with Gasteiger partial charge in [-0.3, -0.25) is 0 Å². The predicted octanol–water partition coefficient (Wildman–Crippen LogP) is 4.11. The number of ether oxygens (including phenoxy) is 1. The third-order valence-corrected chi connectivity index (χ3v) is 5.04. The first-order chi connectivity index (χ1) is 12.7. The van der Waals surface area contributed by atoms with Gasteiger partial charge in [-0.25, -0.2) is 4.79 Å². The van der Waals surface area contributed by atoms with Crippen molar-refractivity contribution in [3.63, 3.8) is 0 Å². The summed E-state index contributed by atoms with van der Waals surface area (Å²) in [5.41, 5.74) is 1.71. The van der Waals surface area contributed by atoms with Gasteiger partial charge in [0.05, 0.1) is 12.2 Å². The predicted molar refractivity (Wildman–Crippen MR) is 103 cm³/mol. The largest absolute Gasteiger partial charge is 0.494 e. The lowest BCUT2D eigenvalue weighted by atomic mass is 9.90. The van der Waals surface area contributed by atoms with Crippen molar-refractivity contribution in [1.82, 2.24) is 4.90 Å². The number of carbonyl (C=O) groups is 1. The molecule has 1 N–H and O–H groups in total. The van der Waals surface area contributed by atoms with Crippen molar-refractivity contribution in [3.8, 4) is 5.75 Å². The normalized spacial score (nSPS) is 15.7. The molecule has 1 heterocycles. The smallest absolute Gasteiger partial charge is 0.335 e. The minimum Gasteiger partial charge on any atom is -0.494 e. The van der Waals surface area contributed by atoms with Crippen LogP contribution >= 0.6 is 0 Å². The van der Waals surface area contributed by atoms with Crippen molar-refractivity contribution < 1.29 is 14.6 Å². The Kier molecular flexibility index (Phi) is 6.67. The van der Waals surface area contributed by atoms with Gasteiger partial charge in [0, 0.05) is 6.54 Å². The molecule has 4 heteroatoms. The average molecular weight is 353 g/mol. The molecule has 138 valence electrons. The van der Waals surface area contributed by atoms with Crippen LogP contribution in [0.5, 0.6) is 5.75 Å². The van der Waals surface area contributed by atoms with Crippen LogP contribution in [0.15, 0.2) is 54.6 Å². The second-order valence-corrected chi connectivity index (χ2v) is 7.01. The molecule has 0 bridgehead atoms. The molecule has 1 saturated heterocycles. The highest BCUT2D eigenvalue weighted by Gasteiger charge is 2.19. The maximum absolute atomic E-state index is 11.0. The van der Waals surface area contributed by atoms with E-state index in [2.05, 4.69) is 35.2 Å². The average Bonchev–Trinajstić information content (AvgIpc) is 2.67. The van der Waals surface area contributed by atoms with Crippen LogP contribution in [0.25, 0.3) is 0 Å². The summed E-state index contributed by atoms with van der Waals surface area (Å²) in [6, 6.07) is 17.5. The van der Waals surface area contributed by atoms with Gasteiger partial charge >= 0.3 is 5.97 Å². The molecule has 2 aromatic carbocycles. The van der Waals surface area contributed by atoms with Gasteiger partial charge in [0.15, 0.2) is 0 Å². The Hall–Kier alpha value is -2.33. The van der Waals surface area contributed by atoms with Crippen LogP contribution in [-0.2, 0) is 6.42 Å². The molecular weight excluding hydrogens is 326 g/mol. The van der Waals surface area contributed by atoms with Gasteiger partial charge in [-0.05, 0) is 68.5 Å². The zero-order valence-electron chi connectivity index (χ0n) is 15.1. The molecule has 1 aliphatic heterocycles. The molecule has 0 atom stereocenters.